The fourth-order valence-corrected chi connectivity index (χ4v) is 2.45. The number of hydrogen-bond donors (Lipinski definition) is 1. The monoisotopic (exact) mass is 282 g/mol. The number of aryl methyl sites for hydroxylation is 1. The summed E-state index contributed by atoms with van der Waals surface area (Å²) in [5.74, 6) is 0.946. The van der Waals surface area contributed by atoms with Crippen LogP contribution in [0.3, 0.4) is 0 Å². The fourth-order valence-electron chi connectivity index (χ4n) is 2.45. The molecule has 0 aliphatic carbocycles. The van der Waals surface area contributed by atoms with E-state index in [2.05, 4.69) is 26.7 Å². The molecular weight excluding hydrogens is 256 g/mol. The van der Waals surface area contributed by atoms with Crippen LogP contribution in [-0.4, -0.2) is 67.1 Å². The molecule has 2 rings (SSSR count). The van der Waals surface area contributed by atoms with Crippen molar-refractivity contribution >= 4 is 5.95 Å². The predicted octanol–water partition coefficient (Wildman–Crippen LogP) is 1.05. The molecule has 0 aromatic carbocycles. The van der Waals surface area contributed by atoms with Crippen molar-refractivity contribution in [1.82, 2.24) is 14.5 Å². The summed E-state index contributed by atoms with van der Waals surface area (Å²) in [6.07, 6.45) is 4.86. The summed E-state index contributed by atoms with van der Waals surface area (Å²) in [6.45, 7) is 8.67. The Bertz CT molecular complexity index is 377. The van der Waals surface area contributed by atoms with Gasteiger partial charge >= 0.3 is 0 Å². The van der Waals surface area contributed by atoms with Crippen molar-refractivity contribution in [3.05, 3.63) is 12.4 Å². The van der Waals surface area contributed by atoms with Crippen molar-refractivity contribution in [2.45, 2.75) is 25.9 Å². The Morgan fingerprint density at radius 1 is 1.45 bits per heavy atom. The highest BCUT2D eigenvalue weighted by Gasteiger charge is 2.14. The summed E-state index contributed by atoms with van der Waals surface area (Å²) < 4.78 is 12.6. The first kappa shape index (κ1) is 15.3. The molecule has 6 nitrogen and oxygen atoms in total. The zero-order chi connectivity index (χ0) is 14.2. The molecule has 0 bridgehead atoms. The Kier molecular flexibility index (Phi) is 6.29. The zero-order valence-corrected chi connectivity index (χ0v) is 12.5. The third-order valence-electron chi connectivity index (χ3n) is 3.47. The first-order valence-corrected chi connectivity index (χ1v) is 7.36. The van der Waals surface area contributed by atoms with Crippen molar-refractivity contribution in [3.8, 4) is 0 Å². The Labute approximate surface area is 121 Å². The summed E-state index contributed by atoms with van der Waals surface area (Å²) in [6, 6.07) is 0.372. The topological polar surface area (TPSA) is 51.5 Å². The van der Waals surface area contributed by atoms with E-state index < -0.39 is 0 Å². The maximum Gasteiger partial charge on any atom is 0.203 e. The molecule has 1 aliphatic rings. The fraction of sp³-hybridized carbons (Fsp3) is 0.786. The highest BCUT2D eigenvalue weighted by atomic mass is 16.5. The van der Waals surface area contributed by atoms with E-state index in [9.17, 15) is 0 Å². The molecular formula is C14H26N4O2. The first-order chi connectivity index (χ1) is 9.79. The largest absolute Gasteiger partial charge is 0.385 e. The smallest absolute Gasteiger partial charge is 0.203 e. The molecule has 1 aliphatic heterocycles. The van der Waals surface area contributed by atoms with E-state index in [1.165, 1.54) is 0 Å². The molecule has 1 saturated heterocycles. The van der Waals surface area contributed by atoms with Gasteiger partial charge in [-0.1, -0.05) is 0 Å². The van der Waals surface area contributed by atoms with Gasteiger partial charge in [-0.05, 0) is 13.3 Å². The SMILES string of the molecule is COCCCn1ccnc1NC(C)CN1CCOCC1. The van der Waals surface area contributed by atoms with Gasteiger partial charge < -0.3 is 19.4 Å². The highest BCUT2D eigenvalue weighted by Crippen LogP contribution is 2.08. The molecule has 0 spiro atoms. The van der Waals surface area contributed by atoms with Crippen LogP contribution in [0.1, 0.15) is 13.3 Å². The van der Waals surface area contributed by atoms with Crippen LogP contribution < -0.4 is 5.32 Å². The van der Waals surface area contributed by atoms with Gasteiger partial charge in [0.1, 0.15) is 0 Å². The minimum atomic E-state index is 0.372. The summed E-state index contributed by atoms with van der Waals surface area (Å²) in [5.41, 5.74) is 0. The molecule has 2 heterocycles. The number of anilines is 1. The van der Waals surface area contributed by atoms with Gasteiger partial charge in [0, 0.05) is 58.3 Å². The summed E-state index contributed by atoms with van der Waals surface area (Å²) in [7, 11) is 1.73. The summed E-state index contributed by atoms with van der Waals surface area (Å²) >= 11 is 0. The number of nitrogens with one attached hydrogen (secondary N) is 1. The summed E-state index contributed by atoms with van der Waals surface area (Å²) in [4.78, 5) is 6.83. The molecule has 1 N–H and O–H groups in total. The van der Waals surface area contributed by atoms with E-state index >= 15 is 0 Å². The Balaban J connectivity index is 1.78. The maximum atomic E-state index is 5.37. The van der Waals surface area contributed by atoms with Gasteiger partial charge in [-0.15, -0.1) is 0 Å². The number of hydrogen-bond acceptors (Lipinski definition) is 5. The summed E-state index contributed by atoms with van der Waals surface area (Å²) in [5, 5.41) is 3.49. The molecule has 1 unspecified atom stereocenters. The quantitative estimate of drug-likeness (QED) is 0.722. The lowest BCUT2D eigenvalue weighted by atomic mass is 10.3. The second kappa shape index (κ2) is 8.24. The Morgan fingerprint density at radius 2 is 2.25 bits per heavy atom. The van der Waals surface area contributed by atoms with Crippen molar-refractivity contribution in [3.63, 3.8) is 0 Å². The normalized spacial score (nSPS) is 18.1. The number of methoxy groups -OCH3 is 1. The van der Waals surface area contributed by atoms with Crippen molar-refractivity contribution in [2.24, 2.45) is 0 Å². The molecule has 0 saturated carbocycles. The van der Waals surface area contributed by atoms with Crippen LogP contribution in [0.2, 0.25) is 0 Å². The van der Waals surface area contributed by atoms with Crippen LogP contribution in [-0.2, 0) is 16.0 Å². The Hall–Kier alpha value is -1.11. The third kappa shape index (κ3) is 4.77. The lowest BCUT2D eigenvalue weighted by Crippen LogP contribution is -2.42. The first-order valence-electron chi connectivity index (χ1n) is 7.36. The van der Waals surface area contributed by atoms with Gasteiger partial charge in [0.15, 0.2) is 0 Å². The molecule has 6 heteroatoms. The number of rotatable bonds is 8. The van der Waals surface area contributed by atoms with Crippen molar-refractivity contribution in [2.75, 3.05) is 51.9 Å². The maximum absolute atomic E-state index is 5.37. The number of aromatic nitrogens is 2. The molecule has 114 valence electrons. The lowest BCUT2D eigenvalue weighted by Gasteiger charge is -2.29. The van der Waals surface area contributed by atoms with E-state index in [1.807, 2.05) is 12.4 Å². The van der Waals surface area contributed by atoms with Gasteiger partial charge in [0.2, 0.25) is 5.95 Å². The third-order valence-corrected chi connectivity index (χ3v) is 3.47. The van der Waals surface area contributed by atoms with Crippen molar-refractivity contribution < 1.29 is 9.47 Å². The Morgan fingerprint density at radius 3 is 3.00 bits per heavy atom. The molecule has 20 heavy (non-hydrogen) atoms. The minimum absolute atomic E-state index is 0.372. The average Bonchev–Trinajstić information content (AvgIpc) is 2.87. The van der Waals surface area contributed by atoms with Gasteiger partial charge in [-0.2, -0.15) is 0 Å². The average molecular weight is 282 g/mol. The van der Waals surface area contributed by atoms with Crippen LogP contribution in [0.5, 0.6) is 0 Å². The zero-order valence-electron chi connectivity index (χ0n) is 12.5. The lowest BCUT2D eigenvalue weighted by molar-refractivity contribution is 0.0367. The standard InChI is InChI=1S/C14H26N4O2/c1-13(12-17-7-10-20-11-8-17)16-14-15-4-6-18(14)5-3-9-19-2/h4,6,13H,3,5,7-12H2,1-2H3,(H,15,16). The van der Waals surface area contributed by atoms with Gasteiger partial charge in [0.25, 0.3) is 0 Å². The molecule has 1 fully saturated rings. The van der Waals surface area contributed by atoms with Crippen LogP contribution in [0, 0.1) is 0 Å². The van der Waals surface area contributed by atoms with Gasteiger partial charge in [-0.25, -0.2) is 4.98 Å². The number of morpholine rings is 1. The second-order valence-corrected chi connectivity index (χ2v) is 5.25. The number of nitrogens with zero attached hydrogens (tertiary/aromatic N) is 3. The molecule has 1 atom stereocenters. The van der Waals surface area contributed by atoms with Gasteiger partial charge in [0.05, 0.1) is 13.2 Å². The van der Waals surface area contributed by atoms with Crippen LogP contribution in [0.15, 0.2) is 12.4 Å². The number of imidazole rings is 1. The van der Waals surface area contributed by atoms with Crippen LogP contribution in [0.4, 0.5) is 5.95 Å². The molecule has 1 aromatic heterocycles. The van der Waals surface area contributed by atoms with E-state index in [0.29, 0.717) is 6.04 Å². The molecule has 0 amide bonds. The minimum Gasteiger partial charge on any atom is -0.385 e. The number of ether oxygens (including phenoxy) is 2. The predicted molar refractivity (Wildman–Crippen MR) is 79.1 cm³/mol. The van der Waals surface area contributed by atoms with Crippen LogP contribution >= 0.6 is 0 Å². The van der Waals surface area contributed by atoms with E-state index in [-0.39, 0.29) is 0 Å². The van der Waals surface area contributed by atoms with Gasteiger partial charge in [-0.3, -0.25) is 4.90 Å². The molecule has 0 radical (unpaired) electrons. The van der Waals surface area contributed by atoms with Crippen LogP contribution in [0.25, 0.3) is 0 Å². The van der Waals surface area contributed by atoms with E-state index in [0.717, 1.165) is 58.4 Å². The second-order valence-electron chi connectivity index (χ2n) is 5.25. The highest BCUT2D eigenvalue weighted by molar-refractivity contribution is 5.27. The van der Waals surface area contributed by atoms with Crippen molar-refractivity contribution in [1.29, 1.82) is 0 Å². The van der Waals surface area contributed by atoms with E-state index in [1.54, 1.807) is 7.11 Å². The molecule has 1 aromatic rings. The van der Waals surface area contributed by atoms with E-state index in [4.69, 9.17) is 9.47 Å².